The molecule has 1 aliphatic rings. The van der Waals surface area contributed by atoms with E-state index < -0.39 is 0 Å². The largest absolute Gasteiger partial charge is 0.494 e. The number of halogens is 1. The zero-order valence-electron chi connectivity index (χ0n) is 11.4. The fourth-order valence-electron chi connectivity index (χ4n) is 2.61. The maximum Gasteiger partial charge on any atom is 0.123 e. The predicted octanol–water partition coefficient (Wildman–Crippen LogP) is 2.41. The lowest BCUT2D eigenvalue weighted by Gasteiger charge is -2.34. The second-order valence-corrected chi connectivity index (χ2v) is 5.08. The van der Waals surface area contributed by atoms with Gasteiger partial charge in [0.25, 0.3) is 0 Å². The predicted molar refractivity (Wildman–Crippen MR) is 74.8 cm³/mol. The molecule has 1 fully saturated rings. The summed E-state index contributed by atoms with van der Waals surface area (Å²) in [4.78, 5) is 2.47. The Bertz CT molecular complexity index is 369. The molecule has 0 radical (unpaired) electrons. The van der Waals surface area contributed by atoms with Crippen molar-refractivity contribution in [1.29, 1.82) is 0 Å². The molecule has 1 unspecified atom stereocenters. The van der Waals surface area contributed by atoms with Crippen LogP contribution in [0.5, 0.6) is 5.75 Å². The van der Waals surface area contributed by atoms with E-state index >= 15 is 0 Å². The van der Waals surface area contributed by atoms with Crippen LogP contribution >= 0.6 is 0 Å². The highest BCUT2D eigenvalue weighted by molar-refractivity contribution is 5.21. The first-order valence-electron chi connectivity index (χ1n) is 7.12. The van der Waals surface area contributed by atoms with E-state index in [9.17, 15) is 4.39 Å². The summed E-state index contributed by atoms with van der Waals surface area (Å²) in [7, 11) is 0. The van der Waals surface area contributed by atoms with Crippen molar-refractivity contribution in [3.63, 3.8) is 0 Å². The molecule has 19 heavy (non-hydrogen) atoms. The van der Waals surface area contributed by atoms with E-state index in [0.717, 1.165) is 31.8 Å². The molecule has 1 saturated heterocycles. The normalized spacial score (nSPS) is 20.4. The van der Waals surface area contributed by atoms with Crippen molar-refractivity contribution in [2.45, 2.75) is 31.7 Å². The standard InChI is InChI=1S/C15H23FN2O/c16-13-5-7-15(8-6-13)19-11-3-10-18-9-2-1-4-14(18)12-17/h5-8,14H,1-4,9-12,17H2. The smallest absolute Gasteiger partial charge is 0.123 e. The molecule has 4 heteroatoms. The summed E-state index contributed by atoms with van der Waals surface area (Å²) in [5.74, 6) is 0.502. The lowest BCUT2D eigenvalue weighted by atomic mass is 10.0. The van der Waals surface area contributed by atoms with Gasteiger partial charge in [0.2, 0.25) is 0 Å². The fourth-order valence-corrected chi connectivity index (χ4v) is 2.61. The van der Waals surface area contributed by atoms with Gasteiger partial charge in [0.15, 0.2) is 0 Å². The molecule has 1 heterocycles. The average Bonchev–Trinajstić information content (AvgIpc) is 2.46. The molecule has 2 N–H and O–H groups in total. The highest BCUT2D eigenvalue weighted by Crippen LogP contribution is 2.16. The third-order valence-corrected chi connectivity index (χ3v) is 3.69. The van der Waals surface area contributed by atoms with Crippen molar-refractivity contribution in [3.05, 3.63) is 30.1 Å². The summed E-state index contributed by atoms with van der Waals surface area (Å²) in [6.07, 6.45) is 4.77. The molecule has 1 aliphatic heterocycles. The Kier molecular flexibility index (Phi) is 5.61. The summed E-state index contributed by atoms with van der Waals surface area (Å²) >= 11 is 0. The maximum absolute atomic E-state index is 12.7. The molecule has 0 aromatic heterocycles. The quantitative estimate of drug-likeness (QED) is 0.804. The number of nitrogens with zero attached hydrogens (tertiary/aromatic N) is 1. The van der Waals surface area contributed by atoms with Gasteiger partial charge in [0, 0.05) is 19.1 Å². The Balaban J connectivity index is 1.67. The maximum atomic E-state index is 12.7. The fraction of sp³-hybridized carbons (Fsp3) is 0.600. The van der Waals surface area contributed by atoms with Crippen LogP contribution in [0.4, 0.5) is 4.39 Å². The van der Waals surface area contributed by atoms with E-state index in [1.807, 2.05) is 0 Å². The van der Waals surface area contributed by atoms with Crippen molar-refractivity contribution >= 4 is 0 Å². The molecule has 0 bridgehead atoms. The molecule has 2 rings (SSSR count). The first-order chi connectivity index (χ1) is 9.29. The third-order valence-electron chi connectivity index (χ3n) is 3.69. The van der Waals surface area contributed by atoms with Crippen LogP contribution in [0.2, 0.25) is 0 Å². The van der Waals surface area contributed by atoms with Crippen LogP contribution < -0.4 is 10.5 Å². The van der Waals surface area contributed by atoms with Crippen molar-refractivity contribution in [1.82, 2.24) is 4.90 Å². The van der Waals surface area contributed by atoms with Gasteiger partial charge in [0.05, 0.1) is 6.61 Å². The van der Waals surface area contributed by atoms with Crippen LogP contribution in [0.3, 0.4) is 0 Å². The summed E-state index contributed by atoms with van der Waals surface area (Å²) in [6, 6.07) is 6.71. The van der Waals surface area contributed by atoms with Crippen LogP contribution in [0.1, 0.15) is 25.7 Å². The van der Waals surface area contributed by atoms with Gasteiger partial charge in [-0.15, -0.1) is 0 Å². The van der Waals surface area contributed by atoms with E-state index in [1.54, 1.807) is 12.1 Å². The second-order valence-electron chi connectivity index (χ2n) is 5.08. The lowest BCUT2D eigenvalue weighted by molar-refractivity contribution is 0.142. The van der Waals surface area contributed by atoms with E-state index in [2.05, 4.69) is 4.90 Å². The minimum atomic E-state index is -0.230. The van der Waals surface area contributed by atoms with Crippen LogP contribution in [-0.2, 0) is 0 Å². The molecular weight excluding hydrogens is 243 g/mol. The molecule has 0 saturated carbocycles. The van der Waals surface area contributed by atoms with Crippen LogP contribution in [0.15, 0.2) is 24.3 Å². The third kappa shape index (κ3) is 4.48. The highest BCUT2D eigenvalue weighted by Gasteiger charge is 2.20. The van der Waals surface area contributed by atoms with Crippen molar-refractivity contribution in [2.75, 3.05) is 26.2 Å². The minimum absolute atomic E-state index is 0.230. The van der Waals surface area contributed by atoms with Gasteiger partial charge < -0.3 is 10.5 Å². The summed E-state index contributed by atoms with van der Waals surface area (Å²) in [5.41, 5.74) is 5.79. The Hall–Kier alpha value is -1.13. The Labute approximate surface area is 114 Å². The van der Waals surface area contributed by atoms with Gasteiger partial charge in [-0.1, -0.05) is 6.42 Å². The van der Waals surface area contributed by atoms with Gasteiger partial charge in [-0.25, -0.2) is 4.39 Å². The van der Waals surface area contributed by atoms with E-state index in [4.69, 9.17) is 10.5 Å². The average molecular weight is 266 g/mol. The SMILES string of the molecule is NCC1CCCCN1CCCOc1ccc(F)cc1. The number of rotatable bonds is 6. The van der Waals surface area contributed by atoms with Gasteiger partial charge in [-0.3, -0.25) is 4.90 Å². The molecule has 106 valence electrons. The molecule has 0 aliphatic carbocycles. The Morgan fingerprint density at radius 1 is 1.26 bits per heavy atom. The Morgan fingerprint density at radius 3 is 2.79 bits per heavy atom. The number of benzene rings is 1. The van der Waals surface area contributed by atoms with E-state index in [0.29, 0.717) is 12.6 Å². The number of likely N-dealkylation sites (tertiary alicyclic amines) is 1. The molecule has 0 amide bonds. The topological polar surface area (TPSA) is 38.5 Å². The summed E-state index contributed by atoms with van der Waals surface area (Å²) in [6.45, 7) is 3.60. The molecule has 1 aromatic rings. The van der Waals surface area contributed by atoms with Crippen molar-refractivity contribution < 1.29 is 9.13 Å². The molecule has 1 atom stereocenters. The molecule has 0 spiro atoms. The van der Waals surface area contributed by atoms with Gasteiger partial charge in [-0.2, -0.15) is 0 Å². The number of nitrogens with two attached hydrogens (primary N) is 1. The Morgan fingerprint density at radius 2 is 2.05 bits per heavy atom. The minimum Gasteiger partial charge on any atom is -0.494 e. The highest BCUT2D eigenvalue weighted by atomic mass is 19.1. The zero-order valence-corrected chi connectivity index (χ0v) is 11.4. The second kappa shape index (κ2) is 7.46. The molecule has 3 nitrogen and oxygen atoms in total. The van der Waals surface area contributed by atoms with Crippen LogP contribution in [0.25, 0.3) is 0 Å². The van der Waals surface area contributed by atoms with Gasteiger partial charge in [-0.05, 0) is 50.1 Å². The van der Waals surface area contributed by atoms with Crippen molar-refractivity contribution in [2.24, 2.45) is 5.73 Å². The first kappa shape index (κ1) is 14.3. The monoisotopic (exact) mass is 266 g/mol. The number of hydrogen-bond acceptors (Lipinski definition) is 3. The number of ether oxygens (including phenoxy) is 1. The van der Waals surface area contributed by atoms with Crippen molar-refractivity contribution in [3.8, 4) is 5.75 Å². The van der Waals surface area contributed by atoms with Gasteiger partial charge in [0.1, 0.15) is 11.6 Å². The summed E-state index contributed by atoms with van der Waals surface area (Å²) in [5, 5.41) is 0. The zero-order chi connectivity index (χ0) is 13.5. The number of piperidine rings is 1. The first-order valence-corrected chi connectivity index (χ1v) is 7.12. The van der Waals surface area contributed by atoms with E-state index in [-0.39, 0.29) is 5.82 Å². The molecule has 1 aromatic carbocycles. The van der Waals surface area contributed by atoms with Crippen LogP contribution in [-0.4, -0.2) is 37.2 Å². The molecular formula is C15H23FN2O. The van der Waals surface area contributed by atoms with E-state index in [1.165, 1.54) is 31.4 Å². The van der Waals surface area contributed by atoms with Crippen LogP contribution in [0, 0.1) is 5.82 Å². The number of hydrogen-bond donors (Lipinski definition) is 1. The van der Waals surface area contributed by atoms with Gasteiger partial charge >= 0.3 is 0 Å². The summed E-state index contributed by atoms with van der Waals surface area (Å²) < 4.78 is 18.3. The lowest BCUT2D eigenvalue weighted by Crippen LogP contribution is -2.44.